The fourth-order valence-corrected chi connectivity index (χ4v) is 1.12. The van der Waals surface area contributed by atoms with Crippen LogP contribution >= 0.6 is 0 Å². The van der Waals surface area contributed by atoms with Crippen molar-refractivity contribution in [3.63, 3.8) is 0 Å². The molecular formula is C15H18O3Ru. The van der Waals surface area contributed by atoms with Crippen LogP contribution in [0.1, 0.15) is 26.7 Å². The quantitative estimate of drug-likeness (QED) is 0.169. The summed E-state index contributed by atoms with van der Waals surface area (Å²) >= 11 is 0. The van der Waals surface area contributed by atoms with Crippen LogP contribution in [-0.4, -0.2) is 18.4 Å². The minimum absolute atomic E-state index is 0. The molecule has 19 heavy (non-hydrogen) atoms. The van der Waals surface area contributed by atoms with Gasteiger partial charge in [0.15, 0.2) is 18.4 Å². The monoisotopic (exact) mass is 348 g/mol. The fourth-order valence-electron chi connectivity index (χ4n) is 1.12. The molecule has 0 atom stereocenters. The molecule has 3 nitrogen and oxygen atoms in total. The average Bonchev–Trinajstić information content (AvgIpc) is 2.39. The van der Waals surface area contributed by atoms with E-state index in [2.05, 4.69) is 0 Å². The van der Waals surface area contributed by atoms with Gasteiger partial charge >= 0.3 is 0 Å². The molecular weight excluding hydrogens is 329 g/mol. The summed E-state index contributed by atoms with van der Waals surface area (Å²) < 4.78 is 0. The second kappa shape index (κ2) is 13.0. The molecule has 0 saturated carbocycles. The van der Waals surface area contributed by atoms with E-state index >= 15 is 0 Å². The number of carbonyl (C=O) groups excluding carboxylic acids is 3. The minimum atomic E-state index is -0.554. The second-order valence-corrected chi connectivity index (χ2v) is 3.48. The molecule has 0 spiro atoms. The van der Waals surface area contributed by atoms with E-state index in [0.717, 1.165) is 12.8 Å². The number of aldehydes is 2. The molecule has 0 aliphatic rings. The van der Waals surface area contributed by atoms with Crippen molar-refractivity contribution in [3.8, 4) is 0 Å². The maximum atomic E-state index is 11.8. The van der Waals surface area contributed by atoms with Crippen LogP contribution in [0.5, 0.6) is 0 Å². The fraction of sp³-hybridized carbons (Fsp3) is 0.267. The van der Waals surface area contributed by atoms with Crippen LogP contribution in [0.15, 0.2) is 47.6 Å². The van der Waals surface area contributed by atoms with Gasteiger partial charge < -0.3 is 0 Å². The van der Waals surface area contributed by atoms with Crippen LogP contribution in [0.2, 0.25) is 0 Å². The summed E-state index contributed by atoms with van der Waals surface area (Å²) in [6.07, 6.45) is 12.3. The zero-order valence-electron chi connectivity index (χ0n) is 11.1. The Hall–Kier alpha value is -1.41. The molecule has 0 aromatic rings. The third kappa shape index (κ3) is 8.33. The molecule has 4 heteroatoms. The molecule has 0 fully saturated rings. The molecule has 0 saturated heterocycles. The van der Waals surface area contributed by atoms with Crippen molar-refractivity contribution in [1.82, 2.24) is 0 Å². The van der Waals surface area contributed by atoms with E-state index in [0.29, 0.717) is 12.6 Å². The molecule has 0 aromatic heterocycles. The summed E-state index contributed by atoms with van der Waals surface area (Å²) in [5, 5.41) is 0. The summed E-state index contributed by atoms with van der Waals surface area (Å²) in [4.78, 5) is 33.4. The number of hydrogen-bond acceptors (Lipinski definition) is 3. The Bertz CT molecular complexity index is 377. The number of Topliss-reactive ketones (excluding diaryl/α,β-unsaturated/α-hetero) is 1. The topological polar surface area (TPSA) is 51.2 Å². The summed E-state index contributed by atoms with van der Waals surface area (Å²) in [7, 11) is 0. The Labute approximate surface area is 126 Å². The zero-order valence-corrected chi connectivity index (χ0v) is 12.8. The molecule has 0 amide bonds. The number of hydrogen-bond donors (Lipinski definition) is 0. The van der Waals surface area contributed by atoms with Crippen LogP contribution in [0, 0.1) is 0 Å². The Kier molecular flexibility index (Phi) is 13.7. The van der Waals surface area contributed by atoms with Gasteiger partial charge in [0.25, 0.3) is 0 Å². The molecule has 0 radical (unpaired) electrons. The van der Waals surface area contributed by atoms with Crippen LogP contribution < -0.4 is 0 Å². The van der Waals surface area contributed by atoms with E-state index in [1.807, 2.05) is 26.0 Å². The Balaban J connectivity index is 0. The first-order valence-electron chi connectivity index (χ1n) is 5.89. The molecule has 0 rings (SSSR count). The van der Waals surface area contributed by atoms with Crippen LogP contribution in [0.3, 0.4) is 0 Å². The van der Waals surface area contributed by atoms with E-state index in [4.69, 9.17) is 0 Å². The van der Waals surface area contributed by atoms with Gasteiger partial charge in [0.1, 0.15) is 0 Å². The predicted octanol–water partition coefficient (Wildman–Crippen LogP) is 2.74. The van der Waals surface area contributed by atoms with E-state index in [1.54, 1.807) is 12.2 Å². The van der Waals surface area contributed by atoms with E-state index in [9.17, 15) is 14.4 Å². The third-order valence-corrected chi connectivity index (χ3v) is 2.07. The van der Waals surface area contributed by atoms with Crippen molar-refractivity contribution >= 4 is 18.4 Å². The molecule has 0 N–H and O–H groups in total. The molecule has 0 heterocycles. The summed E-state index contributed by atoms with van der Waals surface area (Å²) in [5.74, 6) is -0.554. The van der Waals surface area contributed by atoms with Crippen molar-refractivity contribution in [2.45, 2.75) is 26.7 Å². The Morgan fingerprint density at radius 3 is 1.47 bits per heavy atom. The first-order chi connectivity index (χ1) is 8.71. The van der Waals surface area contributed by atoms with Gasteiger partial charge in [-0.05, 0) is 25.0 Å². The van der Waals surface area contributed by atoms with Crippen molar-refractivity contribution in [1.29, 1.82) is 0 Å². The summed E-state index contributed by atoms with van der Waals surface area (Å²) in [6.45, 7) is 3.89. The largest absolute Gasteiger partial charge is 0.298 e. The molecule has 0 aliphatic heterocycles. The van der Waals surface area contributed by atoms with Crippen molar-refractivity contribution in [2.24, 2.45) is 0 Å². The molecule has 0 aromatic carbocycles. The van der Waals surface area contributed by atoms with Gasteiger partial charge in [0.05, 0.1) is 11.1 Å². The normalized spacial score (nSPS) is 12.5. The summed E-state index contributed by atoms with van der Waals surface area (Å²) in [5.41, 5.74) is -0.0501. The maximum Gasteiger partial charge on any atom is 0.199 e. The van der Waals surface area contributed by atoms with Gasteiger partial charge in [0.2, 0.25) is 0 Å². The Morgan fingerprint density at radius 2 is 1.21 bits per heavy atom. The van der Waals surface area contributed by atoms with E-state index in [-0.39, 0.29) is 30.6 Å². The number of carbonyl (C=O) groups is 3. The van der Waals surface area contributed by atoms with Crippen LogP contribution in [-0.2, 0) is 33.9 Å². The van der Waals surface area contributed by atoms with Crippen LogP contribution in [0.25, 0.3) is 0 Å². The second-order valence-electron chi connectivity index (χ2n) is 3.48. The van der Waals surface area contributed by atoms with Gasteiger partial charge in [-0.2, -0.15) is 0 Å². The number of rotatable bonds is 8. The van der Waals surface area contributed by atoms with Crippen molar-refractivity contribution in [2.75, 3.05) is 0 Å². The SMILES string of the molecule is CCC=CC=C(C=O)C(=O)C(C=O)=CC=CCC.[Ru]. The maximum absolute atomic E-state index is 11.8. The first-order valence-corrected chi connectivity index (χ1v) is 5.89. The molecule has 0 bridgehead atoms. The van der Waals surface area contributed by atoms with Crippen molar-refractivity contribution < 1.29 is 33.9 Å². The van der Waals surface area contributed by atoms with Gasteiger partial charge in [-0.1, -0.05) is 38.2 Å². The average molecular weight is 347 g/mol. The standard InChI is InChI=1S/C15H18O3.Ru/c1-3-5-7-9-13(11-16)15(18)14(12-17)10-8-6-4-2;/h5-12H,3-4H2,1-2H3;. The Morgan fingerprint density at radius 1 is 0.842 bits per heavy atom. The minimum Gasteiger partial charge on any atom is -0.298 e. The van der Waals surface area contributed by atoms with E-state index in [1.165, 1.54) is 12.2 Å². The first kappa shape index (κ1) is 19.9. The third-order valence-electron chi connectivity index (χ3n) is 2.07. The van der Waals surface area contributed by atoms with Gasteiger partial charge in [-0.15, -0.1) is 0 Å². The number of allylic oxidation sites excluding steroid dienone is 8. The van der Waals surface area contributed by atoms with Gasteiger partial charge in [-0.3, -0.25) is 14.4 Å². The van der Waals surface area contributed by atoms with Gasteiger partial charge in [-0.25, -0.2) is 0 Å². The predicted molar refractivity (Wildman–Crippen MR) is 72.2 cm³/mol. The summed E-state index contributed by atoms with van der Waals surface area (Å²) in [6, 6.07) is 0. The smallest absolute Gasteiger partial charge is 0.199 e. The molecule has 0 unspecified atom stereocenters. The molecule has 104 valence electrons. The van der Waals surface area contributed by atoms with E-state index < -0.39 is 5.78 Å². The van der Waals surface area contributed by atoms with Crippen molar-refractivity contribution in [3.05, 3.63) is 47.6 Å². The molecule has 0 aliphatic carbocycles. The zero-order chi connectivity index (χ0) is 13.8. The van der Waals surface area contributed by atoms with Gasteiger partial charge in [0, 0.05) is 19.5 Å². The number of ketones is 1. The van der Waals surface area contributed by atoms with Crippen LogP contribution in [0.4, 0.5) is 0 Å².